The van der Waals surface area contributed by atoms with Crippen molar-refractivity contribution in [1.82, 2.24) is 9.97 Å². The number of aromatic nitrogens is 2. The Balaban J connectivity index is 2.28. The van der Waals surface area contributed by atoms with Crippen molar-refractivity contribution in [2.45, 2.75) is 6.92 Å². The average molecular weight is 305 g/mol. The van der Waals surface area contributed by atoms with Crippen LogP contribution in [0.15, 0.2) is 30.6 Å². The van der Waals surface area contributed by atoms with E-state index in [1.54, 1.807) is 12.1 Å². The first-order chi connectivity index (χ1) is 10.5. The summed E-state index contributed by atoms with van der Waals surface area (Å²) in [5.74, 6) is 0.306. The van der Waals surface area contributed by atoms with Crippen LogP contribution in [-0.4, -0.2) is 26.4 Å². The highest BCUT2D eigenvalue weighted by molar-refractivity contribution is 5.66. The van der Waals surface area contributed by atoms with Crippen molar-refractivity contribution in [2.24, 2.45) is 0 Å². The van der Waals surface area contributed by atoms with Crippen molar-refractivity contribution in [2.75, 3.05) is 11.9 Å². The van der Waals surface area contributed by atoms with E-state index in [-0.39, 0.29) is 5.82 Å². The average Bonchev–Trinajstić information content (AvgIpc) is 2.49. The van der Waals surface area contributed by atoms with Gasteiger partial charge in [-0.15, -0.1) is 0 Å². The molecule has 0 aromatic carbocycles. The molecule has 10 heteroatoms. The fraction of sp³-hybridized carbons (Fsp3) is 0.167. The third-order valence-electron chi connectivity index (χ3n) is 2.55. The van der Waals surface area contributed by atoms with Crippen LogP contribution in [0.1, 0.15) is 6.92 Å². The van der Waals surface area contributed by atoms with Gasteiger partial charge in [0.1, 0.15) is 6.20 Å². The highest BCUT2D eigenvalue weighted by Crippen LogP contribution is 2.28. The summed E-state index contributed by atoms with van der Waals surface area (Å²) in [4.78, 5) is 27.9. The molecule has 0 radical (unpaired) electrons. The second-order valence-electron chi connectivity index (χ2n) is 4.02. The Morgan fingerprint density at radius 2 is 1.95 bits per heavy atom. The van der Waals surface area contributed by atoms with Crippen molar-refractivity contribution < 1.29 is 14.6 Å². The van der Waals surface area contributed by atoms with E-state index in [1.165, 1.54) is 6.20 Å². The maximum absolute atomic E-state index is 11.0. The molecule has 0 amide bonds. The fourth-order valence-electron chi connectivity index (χ4n) is 1.60. The highest BCUT2D eigenvalue weighted by Gasteiger charge is 2.21. The predicted octanol–water partition coefficient (Wildman–Crippen LogP) is 2.44. The molecule has 0 saturated heterocycles. The summed E-state index contributed by atoms with van der Waals surface area (Å²) < 4.78 is 5.18. The van der Waals surface area contributed by atoms with E-state index >= 15 is 0 Å². The van der Waals surface area contributed by atoms with Gasteiger partial charge in [-0.1, -0.05) is 0 Å². The number of ether oxygens (including phenoxy) is 1. The third kappa shape index (κ3) is 3.42. The zero-order chi connectivity index (χ0) is 16.1. The molecule has 0 aliphatic rings. The van der Waals surface area contributed by atoms with E-state index in [2.05, 4.69) is 15.3 Å². The summed E-state index contributed by atoms with van der Waals surface area (Å²) in [5, 5.41) is 24.3. The van der Waals surface area contributed by atoms with Gasteiger partial charge in [0.15, 0.2) is 0 Å². The number of anilines is 2. The lowest BCUT2D eigenvalue weighted by Gasteiger charge is -2.07. The van der Waals surface area contributed by atoms with Gasteiger partial charge in [-0.2, -0.15) is 0 Å². The quantitative estimate of drug-likeness (QED) is 0.635. The molecular formula is C12H11N5O5. The van der Waals surface area contributed by atoms with Gasteiger partial charge in [0.2, 0.25) is 11.7 Å². The third-order valence-corrected chi connectivity index (χ3v) is 2.55. The number of hydrogen-bond donors (Lipinski definition) is 1. The molecule has 22 heavy (non-hydrogen) atoms. The van der Waals surface area contributed by atoms with Crippen molar-refractivity contribution >= 4 is 22.9 Å². The molecule has 2 heterocycles. The molecule has 0 fully saturated rings. The summed E-state index contributed by atoms with van der Waals surface area (Å²) in [6, 6.07) is 4.03. The van der Waals surface area contributed by atoms with Gasteiger partial charge < -0.3 is 10.1 Å². The Morgan fingerprint density at radius 3 is 2.50 bits per heavy atom. The molecule has 0 atom stereocenters. The van der Waals surface area contributed by atoms with Crippen molar-refractivity contribution in [3.63, 3.8) is 0 Å². The first-order valence-electron chi connectivity index (χ1n) is 6.16. The summed E-state index contributed by atoms with van der Waals surface area (Å²) in [5.41, 5.74) is -0.516. The van der Waals surface area contributed by atoms with E-state index < -0.39 is 21.2 Å². The minimum absolute atomic E-state index is 0.110. The molecular weight excluding hydrogens is 294 g/mol. The van der Waals surface area contributed by atoms with Crippen LogP contribution >= 0.6 is 0 Å². The smallest absolute Gasteiger partial charge is 0.318 e. The highest BCUT2D eigenvalue weighted by atomic mass is 16.6. The lowest BCUT2D eigenvalue weighted by Crippen LogP contribution is -2.02. The fourth-order valence-corrected chi connectivity index (χ4v) is 1.60. The van der Waals surface area contributed by atoms with Gasteiger partial charge >= 0.3 is 5.69 Å². The topological polar surface area (TPSA) is 133 Å². The van der Waals surface area contributed by atoms with E-state index in [4.69, 9.17) is 4.74 Å². The molecule has 0 spiro atoms. The molecule has 1 N–H and O–H groups in total. The summed E-state index contributed by atoms with van der Waals surface area (Å²) >= 11 is 0. The summed E-state index contributed by atoms with van der Waals surface area (Å²) in [6.45, 7) is 2.28. The van der Waals surface area contributed by atoms with E-state index in [0.29, 0.717) is 18.2 Å². The first kappa shape index (κ1) is 15.1. The van der Waals surface area contributed by atoms with Gasteiger partial charge in [-0.3, -0.25) is 20.2 Å². The standard InChI is InChI=1S/C12H11N5O5/c1-2-22-11-4-3-8(6-13-11)15-12-10(17(20)21)5-9(7-14-12)16(18)19/h3-7H,2H2,1H3,(H,14,15). The van der Waals surface area contributed by atoms with Crippen molar-refractivity contribution in [1.29, 1.82) is 0 Å². The molecule has 0 bridgehead atoms. The van der Waals surface area contributed by atoms with E-state index in [0.717, 1.165) is 12.3 Å². The predicted molar refractivity (Wildman–Crippen MR) is 76.2 cm³/mol. The monoisotopic (exact) mass is 305 g/mol. The Morgan fingerprint density at radius 1 is 1.18 bits per heavy atom. The Bertz CT molecular complexity index is 704. The molecule has 2 aromatic rings. The molecule has 10 nitrogen and oxygen atoms in total. The van der Waals surface area contributed by atoms with Gasteiger partial charge in [0.05, 0.1) is 34.4 Å². The van der Waals surface area contributed by atoms with Crippen LogP contribution in [-0.2, 0) is 0 Å². The van der Waals surface area contributed by atoms with Crippen LogP contribution in [0.4, 0.5) is 22.9 Å². The van der Waals surface area contributed by atoms with Crippen molar-refractivity contribution in [3.05, 3.63) is 50.8 Å². The van der Waals surface area contributed by atoms with Gasteiger partial charge in [0, 0.05) is 6.07 Å². The van der Waals surface area contributed by atoms with Crippen LogP contribution in [0.25, 0.3) is 0 Å². The first-order valence-corrected chi connectivity index (χ1v) is 6.16. The SMILES string of the molecule is CCOc1ccc(Nc2ncc([N+](=O)[O-])cc2[N+](=O)[O-])cn1. The number of rotatable bonds is 6. The Kier molecular flexibility index (Phi) is 4.41. The van der Waals surface area contributed by atoms with Crippen LogP contribution in [0.2, 0.25) is 0 Å². The Hall–Kier alpha value is -3.30. The summed E-state index contributed by atoms with van der Waals surface area (Å²) in [6.07, 6.45) is 2.36. The van der Waals surface area contributed by atoms with Crippen molar-refractivity contribution in [3.8, 4) is 5.88 Å². The normalized spacial score (nSPS) is 10.0. The maximum atomic E-state index is 11.0. The number of nitro groups is 2. The van der Waals surface area contributed by atoms with Gasteiger partial charge in [0.25, 0.3) is 5.69 Å². The molecule has 2 aromatic heterocycles. The minimum atomic E-state index is -0.748. The number of nitrogens with one attached hydrogen (secondary N) is 1. The molecule has 114 valence electrons. The second-order valence-corrected chi connectivity index (χ2v) is 4.02. The largest absolute Gasteiger partial charge is 0.478 e. The van der Waals surface area contributed by atoms with Crippen LogP contribution < -0.4 is 10.1 Å². The van der Waals surface area contributed by atoms with Crippen LogP contribution in [0, 0.1) is 20.2 Å². The molecule has 0 aliphatic carbocycles. The second kappa shape index (κ2) is 6.43. The van der Waals surface area contributed by atoms with Gasteiger partial charge in [-0.25, -0.2) is 9.97 Å². The zero-order valence-electron chi connectivity index (χ0n) is 11.4. The van der Waals surface area contributed by atoms with E-state index in [9.17, 15) is 20.2 Å². The molecule has 0 unspecified atom stereocenters. The Labute approximate surface area is 124 Å². The van der Waals surface area contributed by atoms with Crippen LogP contribution in [0.5, 0.6) is 5.88 Å². The van der Waals surface area contributed by atoms with Gasteiger partial charge in [-0.05, 0) is 13.0 Å². The maximum Gasteiger partial charge on any atom is 0.318 e. The molecule has 0 saturated carbocycles. The minimum Gasteiger partial charge on any atom is -0.478 e. The lowest BCUT2D eigenvalue weighted by atomic mass is 10.3. The van der Waals surface area contributed by atoms with Crippen LogP contribution in [0.3, 0.4) is 0 Å². The number of nitrogens with zero attached hydrogens (tertiary/aromatic N) is 4. The van der Waals surface area contributed by atoms with E-state index in [1.807, 2.05) is 6.92 Å². The lowest BCUT2D eigenvalue weighted by molar-refractivity contribution is -0.394. The molecule has 2 rings (SSSR count). The zero-order valence-corrected chi connectivity index (χ0v) is 11.4. The number of pyridine rings is 2. The molecule has 0 aliphatic heterocycles. The number of hydrogen-bond acceptors (Lipinski definition) is 8. The summed E-state index contributed by atoms with van der Waals surface area (Å²) in [7, 11) is 0.